The third-order valence-corrected chi connectivity index (χ3v) is 3.46. The van der Waals surface area contributed by atoms with Crippen molar-refractivity contribution in [3.8, 4) is 0 Å². The molecule has 0 aliphatic carbocycles. The summed E-state index contributed by atoms with van der Waals surface area (Å²) in [7, 11) is 4.81. The van der Waals surface area contributed by atoms with Gasteiger partial charge in [-0.2, -0.15) is 8.42 Å². The van der Waals surface area contributed by atoms with Gasteiger partial charge in [0, 0.05) is 27.9 Å². The van der Waals surface area contributed by atoms with Gasteiger partial charge in [0.1, 0.15) is 5.82 Å². The zero-order valence-electron chi connectivity index (χ0n) is 11.9. The molecule has 1 heterocycles. The van der Waals surface area contributed by atoms with Crippen molar-refractivity contribution in [1.82, 2.24) is 4.90 Å². The lowest BCUT2D eigenvalue weighted by molar-refractivity contribution is 0.182. The number of halogens is 3. The molecule has 0 bridgehead atoms. The first-order chi connectivity index (χ1) is 9.78. The first-order valence-corrected chi connectivity index (χ1v) is 10.0. The minimum absolute atomic E-state index is 0.111. The SMILES string of the molecule is CCN1CCCC(Cc2cccc(F)c2)C1.O=S(=O)(Cl)Cl. The van der Waals surface area contributed by atoms with Crippen LogP contribution in [0.2, 0.25) is 0 Å². The average Bonchev–Trinajstić information content (AvgIpc) is 2.37. The standard InChI is InChI=1S/C14H20FN.Cl2O2S/c1-2-16-8-4-6-13(11-16)9-12-5-3-7-14(15)10-12;1-5(2,3)4/h3,5,7,10,13H,2,4,6,8-9,11H2,1H3;. The Labute approximate surface area is 135 Å². The van der Waals surface area contributed by atoms with E-state index in [-0.39, 0.29) is 5.82 Å². The zero-order chi connectivity index (χ0) is 15.9. The van der Waals surface area contributed by atoms with Crippen molar-refractivity contribution in [1.29, 1.82) is 0 Å². The van der Waals surface area contributed by atoms with Gasteiger partial charge in [0.05, 0.1) is 0 Å². The molecule has 1 aromatic rings. The Balaban J connectivity index is 0.000000383. The van der Waals surface area contributed by atoms with Crippen LogP contribution < -0.4 is 0 Å². The van der Waals surface area contributed by atoms with Crippen LogP contribution >= 0.6 is 21.4 Å². The number of piperidine rings is 1. The summed E-state index contributed by atoms with van der Waals surface area (Å²) in [6.45, 7) is 5.76. The van der Waals surface area contributed by atoms with E-state index in [0.29, 0.717) is 5.92 Å². The molecule has 0 aromatic heterocycles. The molecule has 21 heavy (non-hydrogen) atoms. The number of hydrogen-bond donors (Lipinski definition) is 0. The van der Waals surface area contributed by atoms with E-state index in [1.54, 1.807) is 6.07 Å². The molecule has 0 spiro atoms. The molecule has 1 saturated heterocycles. The van der Waals surface area contributed by atoms with Crippen LogP contribution in [0.5, 0.6) is 0 Å². The molecule has 1 aliphatic heterocycles. The fourth-order valence-corrected chi connectivity index (χ4v) is 2.60. The summed E-state index contributed by atoms with van der Waals surface area (Å²) >= 11 is 0. The van der Waals surface area contributed by atoms with Gasteiger partial charge >= 0.3 is 8.26 Å². The molecule has 1 aromatic carbocycles. The van der Waals surface area contributed by atoms with Gasteiger partial charge in [-0.15, -0.1) is 0 Å². The first-order valence-electron chi connectivity index (χ1n) is 6.89. The van der Waals surface area contributed by atoms with Gasteiger partial charge in [-0.25, -0.2) is 4.39 Å². The van der Waals surface area contributed by atoms with Gasteiger partial charge in [0.15, 0.2) is 0 Å². The van der Waals surface area contributed by atoms with E-state index < -0.39 is 8.26 Å². The van der Waals surface area contributed by atoms with E-state index in [1.807, 2.05) is 12.1 Å². The van der Waals surface area contributed by atoms with Crippen molar-refractivity contribution in [2.24, 2.45) is 5.92 Å². The third kappa shape index (κ3) is 9.30. The van der Waals surface area contributed by atoms with Gasteiger partial charge in [-0.1, -0.05) is 19.1 Å². The molecule has 1 unspecified atom stereocenters. The summed E-state index contributed by atoms with van der Waals surface area (Å²) in [5.74, 6) is 0.594. The molecule has 0 amide bonds. The second kappa shape index (κ2) is 8.93. The Hall–Kier alpha value is -0.360. The predicted octanol–water partition coefficient (Wildman–Crippen LogP) is 3.81. The van der Waals surface area contributed by atoms with Gasteiger partial charge in [-0.05, 0) is 56.0 Å². The summed E-state index contributed by atoms with van der Waals surface area (Å²) in [6, 6.07) is 7.03. The highest BCUT2D eigenvalue weighted by molar-refractivity contribution is 8.31. The molecule has 1 atom stereocenters. The number of benzene rings is 1. The van der Waals surface area contributed by atoms with Crippen molar-refractivity contribution < 1.29 is 12.8 Å². The van der Waals surface area contributed by atoms with Gasteiger partial charge < -0.3 is 4.90 Å². The van der Waals surface area contributed by atoms with E-state index in [4.69, 9.17) is 8.42 Å². The molecule has 7 heteroatoms. The Morgan fingerprint density at radius 1 is 1.38 bits per heavy atom. The van der Waals surface area contributed by atoms with Crippen molar-refractivity contribution in [3.05, 3.63) is 35.6 Å². The lowest BCUT2D eigenvalue weighted by Gasteiger charge is -2.31. The smallest absolute Gasteiger partial charge is 0.303 e. The van der Waals surface area contributed by atoms with Crippen LogP contribution in [-0.4, -0.2) is 33.0 Å². The van der Waals surface area contributed by atoms with Gasteiger partial charge in [-0.3, -0.25) is 0 Å². The topological polar surface area (TPSA) is 37.4 Å². The van der Waals surface area contributed by atoms with E-state index in [0.717, 1.165) is 18.5 Å². The second-order valence-corrected chi connectivity index (χ2v) is 8.78. The second-order valence-electron chi connectivity index (χ2n) is 5.11. The van der Waals surface area contributed by atoms with Crippen LogP contribution in [0.15, 0.2) is 24.3 Å². The number of likely N-dealkylation sites (tertiary alicyclic amines) is 1. The zero-order valence-corrected chi connectivity index (χ0v) is 14.3. The molecule has 0 radical (unpaired) electrons. The van der Waals surface area contributed by atoms with E-state index >= 15 is 0 Å². The van der Waals surface area contributed by atoms with Crippen LogP contribution in [0, 0.1) is 11.7 Å². The molecule has 120 valence electrons. The molecule has 1 fully saturated rings. The minimum Gasteiger partial charge on any atom is -0.303 e. The molecule has 3 nitrogen and oxygen atoms in total. The molecular formula is C14H20Cl2FNO2S. The highest BCUT2D eigenvalue weighted by Gasteiger charge is 2.18. The van der Waals surface area contributed by atoms with Crippen LogP contribution in [-0.2, 0) is 14.7 Å². The molecule has 0 N–H and O–H groups in total. The maximum atomic E-state index is 13.1. The first kappa shape index (κ1) is 18.7. The highest BCUT2D eigenvalue weighted by Crippen LogP contribution is 2.20. The van der Waals surface area contributed by atoms with Crippen molar-refractivity contribution in [2.75, 3.05) is 19.6 Å². The number of rotatable bonds is 3. The molecule has 0 saturated carbocycles. The van der Waals surface area contributed by atoms with Crippen molar-refractivity contribution in [2.45, 2.75) is 26.2 Å². The van der Waals surface area contributed by atoms with E-state index in [1.165, 1.54) is 32.0 Å². The van der Waals surface area contributed by atoms with Crippen LogP contribution in [0.3, 0.4) is 0 Å². The third-order valence-electron chi connectivity index (χ3n) is 3.46. The Morgan fingerprint density at radius 2 is 2.05 bits per heavy atom. The summed E-state index contributed by atoms with van der Waals surface area (Å²) < 4.78 is 31.4. The fraction of sp³-hybridized carbons (Fsp3) is 0.571. The molecular weight excluding hydrogens is 336 g/mol. The van der Waals surface area contributed by atoms with E-state index in [9.17, 15) is 4.39 Å². The predicted molar refractivity (Wildman–Crippen MR) is 85.6 cm³/mol. The quantitative estimate of drug-likeness (QED) is 0.773. The Kier molecular flexibility index (Phi) is 7.95. The van der Waals surface area contributed by atoms with Crippen LogP contribution in [0.1, 0.15) is 25.3 Å². The monoisotopic (exact) mass is 355 g/mol. The number of hydrogen-bond acceptors (Lipinski definition) is 3. The summed E-state index contributed by atoms with van der Waals surface area (Å²) in [5.41, 5.74) is 1.14. The Bertz CT molecular complexity index is 532. The van der Waals surface area contributed by atoms with Gasteiger partial charge in [0.2, 0.25) is 0 Å². The summed E-state index contributed by atoms with van der Waals surface area (Å²) in [4.78, 5) is 2.49. The maximum Gasteiger partial charge on any atom is 0.317 e. The summed E-state index contributed by atoms with van der Waals surface area (Å²) in [6.07, 6.45) is 3.59. The molecule has 1 aliphatic rings. The van der Waals surface area contributed by atoms with Crippen LogP contribution in [0.4, 0.5) is 4.39 Å². The number of nitrogens with zero attached hydrogens (tertiary/aromatic N) is 1. The van der Waals surface area contributed by atoms with Crippen LogP contribution in [0.25, 0.3) is 0 Å². The lowest BCUT2D eigenvalue weighted by atomic mass is 9.91. The minimum atomic E-state index is -3.72. The van der Waals surface area contributed by atoms with Crippen molar-refractivity contribution >= 4 is 29.6 Å². The molecule has 2 rings (SSSR count). The normalized spacial score (nSPS) is 19.7. The maximum absolute atomic E-state index is 13.1. The lowest BCUT2D eigenvalue weighted by Crippen LogP contribution is -2.35. The van der Waals surface area contributed by atoms with E-state index in [2.05, 4.69) is 33.2 Å². The highest BCUT2D eigenvalue weighted by atomic mass is 36.0. The fourth-order valence-electron chi connectivity index (χ4n) is 2.60. The Morgan fingerprint density at radius 3 is 2.62 bits per heavy atom. The van der Waals surface area contributed by atoms with Gasteiger partial charge in [0.25, 0.3) is 0 Å². The van der Waals surface area contributed by atoms with Crippen molar-refractivity contribution in [3.63, 3.8) is 0 Å². The summed E-state index contributed by atoms with van der Waals surface area (Å²) in [5, 5.41) is 0. The largest absolute Gasteiger partial charge is 0.317 e. The average molecular weight is 356 g/mol.